The van der Waals surface area contributed by atoms with Crippen LogP contribution in [0.3, 0.4) is 0 Å². The fourth-order valence-corrected chi connectivity index (χ4v) is 2.39. The van der Waals surface area contributed by atoms with Crippen LogP contribution in [0.15, 0.2) is 42.5 Å². The van der Waals surface area contributed by atoms with Gasteiger partial charge in [0.15, 0.2) is 6.10 Å². The van der Waals surface area contributed by atoms with E-state index in [4.69, 9.17) is 4.74 Å². The number of hydrogen-bond acceptors (Lipinski definition) is 5. The number of ether oxygens (including phenoxy) is 1. The van der Waals surface area contributed by atoms with Crippen LogP contribution in [0.4, 0.5) is 10.1 Å². The zero-order valence-electron chi connectivity index (χ0n) is 11.6. The summed E-state index contributed by atoms with van der Waals surface area (Å²) in [4.78, 5) is 12.1. The molecule has 7 heteroatoms. The maximum absolute atomic E-state index is 12.8. The number of amides is 1. The number of aromatic nitrogens is 2. The van der Waals surface area contributed by atoms with Crippen molar-refractivity contribution in [1.29, 1.82) is 0 Å². The Morgan fingerprint density at radius 2 is 1.91 bits per heavy atom. The third-order valence-electron chi connectivity index (χ3n) is 3.02. The molecule has 0 aliphatic heterocycles. The van der Waals surface area contributed by atoms with Crippen LogP contribution in [-0.2, 0) is 4.79 Å². The van der Waals surface area contributed by atoms with Crippen molar-refractivity contribution in [3.63, 3.8) is 0 Å². The fourth-order valence-electron chi connectivity index (χ4n) is 1.87. The smallest absolute Gasteiger partial charge is 0.265 e. The maximum Gasteiger partial charge on any atom is 0.265 e. The summed E-state index contributed by atoms with van der Waals surface area (Å²) >= 11 is 1.12. The Bertz CT molecular complexity index is 804. The third kappa shape index (κ3) is 3.20. The first-order valence-corrected chi connectivity index (χ1v) is 7.30. The number of carbonyl (C=O) groups is 1. The van der Waals surface area contributed by atoms with E-state index in [1.165, 1.54) is 24.3 Å². The van der Waals surface area contributed by atoms with Crippen molar-refractivity contribution in [1.82, 2.24) is 8.75 Å². The molecular weight excluding hydrogens is 305 g/mol. The minimum absolute atomic E-state index is 0.299. The standard InChI is InChI=1S/C15H12FN3O2S/c1-9(21-12-5-2-10(16)3-6-12)15(20)17-11-4-7-13-14(8-11)19-22-18-13/h2-9H,1H3,(H,17,20)/t9-/m1/s1. The molecule has 0 bridgehead atoms. The lowest BCUT2D eigenvalue weighted by Gasteiger charge is -2.14. The molecule has 5 nitrogen and oxygen atoms in total. The van der Waals surface area contributed by atoms with E-state index in [2.05, 4.69) is 14.1 Å². The summed E-state index contributed by atoms with van der Waals surface area (Å²) in [6, 6.07) is 10.8. The van der Waals surface area contributed by atoms with Crippen LogP contribution in [0.25, 0.3) is 11.0 Å². The second-order valence-electron chi connectivity index (χ2n) is 4.67. The van der Waals surface area contributed by atoms with Gasteiger partial charge < -0.3 is 10.1 Å². The van der Waals surface area contributed by atoms with E-state index in [0.29, 0.717) is 11.4 Å². The average molecular weight is 317 g/mol. The molecule has 3 aromatic rings. The zero-order chi connectivity index (χ0) is 15.5. The highest BCUT2D eigenvalue weighted by molar-refractivity contribution is 7.00. The Kier molecular flexibility index (Phi) is 3.97. The Hall–Kier alpha value is -2.54. The van der Waals surface area contributed by atoms with Gasteiger partial charge in [-0.2, -0.15) is 8.75 Å². The summed E-state index contributed by atoms with van der Waals surface area (Å²) in [7, 11) is 0. The van der Waals surface area contributed by atoms with Gasteiger partial charge in [-0.3, -0.25) is 4.79 Å². The highest BCUT2D eigenvalue weighted by Crippen LogP contribution is 2.18. The molecule has 112 valence electrons. The zero-order valence-corrected chi connectivity index (χ0v) is 12.4. The van der Waals surface area contributed by atoms with E-state index in [-0.39, 0.29) is 11.7 Å². The second-order valence-corrected chi connectivity index (χ2v) is 5.20. The number of halogens is 1. The fraction of sp³-hybridized carbons (Fsp3) is 0.133. The van der Waals surface area contributed by atoms with Crippen molar-refractivity contribution < 1.29 is 13.9 Å². The first-order valence-electron chi connectivity index (χ1n) is 6.57. The van der Waals surface area contributed by atoms with Crippen molar-refractivity contribution in [2.24, 2.45) is 0 Å². The second kappa shape index (κ2) is 6.07. The van der Waals surface area contributed by atoms with Crippen LogP contribution >= 0.6 is 11.7 Å². The quantitative estimate of drug-likeness (QED) is 0.802. The third-order valence-corrected chi connectivity index (χ3v) is 3.57. The number of carbonyl (C=O) groups excluding carboxylic acids is 1. The summed E-state index contributed by atoms with van der Waals surface area (Å²) in [6.45, 7) is 1.63. The first kappa shape index (κ1) is 14.4. The van der Waals surface area contributed by atoms with Crippen LogP contribution < -0.4 is 10.1 Å². The van der Waals surface area contributed by atoms with Crippen molar-refractivity contribution in [3.05, 3.63) is 48.3 Å². The van der Waals surface area contributed by atoms with Gasteiger partial charge in [-0.05, 0) is 49.4 Å². The van der Waals surface area contributed by atoms with Gasteiger partial charge in [0.05, 0.1) is 11.7 Å². The minimum atomic E-state index is -0.713. The molecule has 2 aromatic carbocycles. The van der Waals surface area contributed by atoms with E-state index >= 15 is 0 Å². The average Bonchev–Trinajstić information content (AvgIpc) is 2.97. The van der Waals surface area contributed by atoms with Crippen LogP contribution in [0.1, 0.15) is 6.92 Å². The number of anilines is 1. The first-order chi connectivity index (χ1) is 10.6. The van der Waals surface area contributed by atoms with Crippen molar-refractivity contribution in [2.75, 3.05) is 5.32 Å². The highest BCUT2D eigenvalue weighted by Gasteiger charge is 2.15. The van der Waals surface area contributed by atoms with E-state index in [1.54, 1.807) is 25.1 Å². The van der Waals surface area contributed by atoms with Crippen LogP contribution in [-0.4, -0.2) is 20.8 Å². The van der Waals surface area contributed by atoms with Gasteiger partial charge in [0.2, 0.25) is 0 Å². The van der Waals surface area contributed by atoms with E-state index in [1.807, 2.05) is 0 Å². The van der Waals surface area contributed by atoms with Gasteiger partial charge in [0, 0.05) is 5.69 Å². The SMILES string of the molecule is C[C@@H](Oc1ccc(F)cc1)C(=O)Nc1ccc2nsnc2c1. The number of nitrogens with one attached hydrogen (secondary N) is 1. The van der Waals surface area contributed by atoms with Gasteiger partial charge in [-0.1, -0.05) is 0 Å². The predicted molar refractivity (Wildman–Crippen MR) is 82.5 cm³/mol. The monoisotopic (exact) mass is 317 g/mol. The summed E-state index contributed by atoms with van der Waals surface area (Å²) in [5.41, 5.74) is 2.15. The van der Waals surface area contributed by atoms with Gasteiger partial charge in [-0.15, -0.1) is 0 Å². The molecule has 1 atom stereocenters. The number of fused-ring (bicyclic) bond motifs is 1. The highest BCUT2D eigenvalue weighted by atomic mass is 32.1. The molecule has 1 aromatic heterocycles. The predicted octanol–water partition coefficient (Wildman–Crippen LogP) is 3.24. The lowest BCUT2D eigenvalue weighted by atomic mass is 10.2. The van der Waals surface area contributed by atoms with E-state index in [0.717, 1.165) is 22.8 Å². The molecule has 0 aliphatic rings. The molecule has 3 rings (SSSR count). The van der Waals surface area contributed by atoms with Gasteiger partial charge in [-0.25, -0.2) is 4.39 Å². The van der Waals surface area contributed by atoms with Crippen molar-refractivity contribution >= 4 is 34.4 Å². The number of nitrogens with zero attached hydrogens (tertiary/aromatic N) is 2. The Balaban J connectivity index is 1.66. The largest absolute Gasteiger partial charge is 0.481 e. The summed E-state index contributed by atoms with van der Waals surface area (Å²) < 4.78 is 26.5. The lowest BCUT2D eigenvalue weighted by Crippen LogP contribution is -2.30. The number of rotatable bonds is 4. The Labute approximate surface area is 130 Å². The van der Waals surface area contributed by atoms with E-state index in [9.17, 15) is 9.18 Å². The Morgan fingerprint density at radius 1 is 1.18 bits per heavy atom. The molecule has 0 radical (unpaired) electrons. The van der Waals surface area contributed by atoms with Crippen molar-refractivity contribution in [3.8, 4) is 5.75 Å². The molecule has 1 N–H and O–H groups in total. The normalized spacial score (nSPS) is 12.1. The summed E-state index contributed by atoms with van der Waals surface area (Å²) in [5, 5.41) is 2.75. The van der Waals surface area contributed by atoms with Crippen LogP contribution in [0.5, 0.6) is 5.75 Å². The molecule has 1 amide bonds. The van der Waals surface area contributed by atoms with Gasteiger partial charge in [0.25, 0.3) is 5.91 Å². The molecule has 0 saturated carbocycles. The van der Waals surface area contributed by atoms with Crippen LogP contribution in [0.2, 0.25) is 0 Å². The molecule has 1 heterocycles. The molecular formula is C15H12FN3O2S. The van der Waals surface area contributed by atoms with E-state index < -0.39 is 6.10 Å². The van der Waals surface area contributed by atoms with Gasteiger partial charge >= 0.3 is 0 Å². The molecule has 0 spiro atoms. The van der Waals surface area contributed by atoms with Crippen LogP contribution in [0, 0.1) is 5.82 Å². The molecule has 0 saturated heterocycles. The molecule has 22 heavy (non-hydrogen) atoms. The number of benzene rings is 2. The molecule has 0 unspecified atom stereocenters. The minimum Gasteiger partial charge on any atom is -0.481 e. The molecule has 0 fully saturated rings. The maximum atomic E-state index is 12.8. The summed E-state index contributed by atoms with van der Waals surface area (Å²) in [6.07, 6.45) is -0.713. The number of hydrogen-bond donors (Lipinski definition) is 1. The Morgan fingerprint density at radius 3 is 2.68 bits per heavy atom. The van der Waals surface area contributed by atoms with Gasteiger partial charge in [0.1, 0.15) is 22.6 Å². The van der Waals surface area contributed by atoms with Crippen molar-refractivity contribution in [2.45, 2.75) is 13.0 Å². The summed E-state index contributed by atoms with van der Waals surface area (Å²) in [5.74, 6) is -0.218. The topological polar surface area (TPSA) is 64.1 Å². The molecule has 0 aliphatic carbocycles. The lowest BCUT2D eigenvalue weighted by molar-refractivity contribution is -0.122.